The number of aliphatic hydroxyl groups excluding tert-OH is 5. The number of hydrogen-bond donors (Lipinski definition) is 6. The summed E-state index contributed by atoms with van der Waals surface area (Å²) >= 11 is 0. The van der Waals surface area contributed by atoms with E-state index in [1.165, 1.54) is 17.0 Å². The minimum Gasteiger partial charge on any atom is -0.508 e. The lowest BCUT2D eigenvalue weighted by Gasteiger charge is -2.43. The van der Waals surface area contributed by atoms with Crippen LogP contribution < -0.4 is 0 Å². The molecular formula is C15H23NO7. The lowest BCUT2D eigenvalue weighted by atomic mass is 9.97. The van der Waals surface area contributed by atoms with Crippen LogP contribution in [0.1, 0.15) is 11.7 Å². The number of rotatable bonds is 5. The second kappa shape index (κ2) is 7.54. The van der Waals surface area contributed by atoms with E-state index >= 15 is 0 Å². The molecule has 6 atom stereocenters. The lowest BCUT2D eigenvalue weighted by molar-refractivity contribution is -0.263. The zero-order chi connectivity index (χ0) is 17.1. The monoisotopic (exact) mass is 329 g/mol. The Morgan fingerprint density at radius 3 is 2.48 bits per heavy atom. The number of likely N-dealkylation sites (N-methyl/N-ethyl adjacent to an activating group) is 1. The summed E-state index contributed by atoms with van der Waals surface area (Å²) < 4.78 is 5.41. The average molecular weight is 329 g/mol. The van der Waals surface area contributed by atoms with Gasteiger partial charge in [-0.2, -0.15) is 0 Å². The molecule has 1 aromatic carbocycles. The quantitative estimate of drug-likeness (QED) is 0.371. The van der Waals surface area contributed by atoms with Crippen molar-refractivity contribution in [3.8, 4) is 5.75 Å². The first-order valence-electron chi connectivity index (χ1n) is 7.33. The van der Waals surface area contributed by atoms with Crippen LogP contribution in [0.5, 0.6) is 5.75 Å². The Hall–Kier alpha value is -1.26. The maximum atomic E-state index is 10.2. The number of benzene rings is 1. The molecule has 8 nitrogen and oxygen atoms in total. The summed E-state index contributed by atoms with van der Waals surface area (Å²) in [7, 11) is 1.57. The van der Waals surface area contributed by atoms with Crippen LogP contribution in [-0.4, -0.2) is 86.4 Å². The first kappa shape index (κ1) is 18.1. The molecule has 0 aromatic heterocycles. The average Bonchev–Trinajstić information content (AvgIpc) is 2.52. The summed E-state index contributed by atoms with van der Waals surface area (Å²) in [5.41, 5.74) is 0.487. The summed E-state index contributed by atoms with van der Waals surface area (Å²) in [6, 6.07) is 6.15. The van der Waals surface area contributed by atoms with Crippen LogP contribution in [-0.2, 0) is 4.74 Å². The molecule has 23 heavy (non-hydrogen) atoms. The van der Waals surface area contributed by atoms with Crippen molar-refractivity contribution < 1.29 is 35.4 Å². The fourth-order valence-electron chi connectivity index (χ4n) is 2.66. The second-order valence-corrected chi connectivity index (χ2v) is 5.77. The van der Waals surface area contributed by atoms with E-state index in [4.69, 9.17) is 4.74 Å². The van der Waals surface area contributed by atoms with Gasteiger partial charge < -0.3 is 35.4 Å². The Balaban J connectivity index is 2.05. The van der Waals surface area contributed by atoms with Crippen molar-refractivity contribution in [1.29, 1.82) is 0 Å². The van der Waals surface area contributed by atoms with Crippen LogP contribution in [0.4, 0.5) is 0 Å². The van der Waals surface area contributed by atoms with Crippen molar-refractivity contribution in [3.05, 3.63) is 29.8 Å². The molecule has 0 radical (unpaired) electrons. The van der Waals surface area contributed by atoms with Crippen LogP contribution in [0.3, 0.4) is 0 Å². The Bertz CT molecular complexity index is 512. The number of phenols is 1. The van der Waals surface area contributed by atoms with Gasteiger partial charge in [-0.1, -0.05) is 12.1 Å². The van der Waals surface area contributed by atoms with Crippen molar-refractivity contribution in [2.45, 2.75) is 36.7 Å². The third-order valence-corrected chi connectivity index (χ3v) is 4.02. The van der Waals surface area contributed by atoms with E-state index in [9.17, 15) is 30.6 Å². The molecule has 1 aliphatic heterocycles. The summed E-state index contributed by atoms with van der Waals surface area (Å²) in [6.07, 6.45) is -7.24. The molecule has 0 saturated carbocycles. The maximum Gasteiger partial charge on any atom is 0.139 e. The third-order valence-electron chi connectivity index (χ3n) is 4.02. The van der Waals surface area contributed by atoms with Crippen molar-refractivity contribution in [3.63, 3.8) is 0 Å². The second-order valence-electron chi connectivity index (χ2n) is 5.77. The molecule has 1 aromatic rings. The first-order chi connectivity index (χ1) is 10.8. The van der Waals surface area contributed by atoms with Crippen molar-refractivity contribution >= 4 is 0 Å². The highest BCUT2D eigenvalue weighted by molar-refractivity contribution is 5.28. The number of nitrogens with zero attached hydrogens (tertiary/aromatic N) is 1. The van der Waals surface area contributed by atoms with E-state index in [1.54, 1.807) is 19.2 Å². The number of ether oxygens (including phenoxy) is 1. The Morgan fingerprint density at radius 2 is 1.87 bits per heavy atom. The zero-order valence-electron chi connectivity index (χ0n) is 12.7. The topological polar surface area (TPSA) is 134 Å². The molecule has 1 fully saturated rings. The molecule has 0 bridgehead atoms. The summed E-state index contributed by atoms with van der Waals surface area (Å²) in [4.78, 5) is 1.47. The normalized spacial score (nSPS) is 32.9. The molecular weight excluding hydrogens is 306 g/mol. The highest BCUT2D eigenvalue weighted by Gasteiger charge is 2.45. The van der Waals surface area contributed by atoms with Crippen LogP contribution in [0.15, 0.2) is 24.3 Å². The summed E-state index contributed by atoms with van der Waals surface area (Å²) in [5.74, 6) is 0.0250. The van der Waals surface area contributed by atoms with Gasteiger partial charge in [-0.3, -0.25) is 4.90 Å². The predicted octanol–water partition coefficient (Wildman–Crippen LogP) is -1.84. The Kier molecular flexibility index (Phi) is 5.93. The molecule has 0 aliphatic carbocycles. The predicted molar refractivity (Wildman–Crippen MR) is 79.5 cm³/mol. The van der Waals surface area contributed by atoms with E-state index < -0.39 is 43.4 Å². The third kappa shape index (κ3) is 3.99. The van der Waals surface area contributed by atoms with Crippen molar-refractivity contribution in [2.75, 3.05) is 20.2 Å². The fraction of sp³-hybridized carbons (Fsp3) is 0.600. The van der Waals surface area contributed by atoms with Gasteiger partial charge in [-0.05, 0) is 24.7 Å². The van der Waals surface area contributed by atoms with Gasteiger partial charge in [0.15, 0.2) is 0 Å². The standard InChI is InChI=1S/C15H23NO7/c1-16(6-10(19)8-3-2-4-9(18)5-8)15-14(22)13(21)12(20)11(7-17)23-15/h2-5,10-15,17-22H,6-7H2,1H3/t10?,11-,12-,13+,14-,15?/m1/s1. The molecule has 8 heteroatoms. The largest absolute Gasteiger partial charge is 0.508 e. The molecule has 130 valence electrons. The molecule has 1 heterocycles. The SMILES string of the molecule is CN(CC(O)c1cccc(O)c1)C1O[C@H](CO)[C@@H](O)[C@H](O)[C@H]1O. The smallest absolute Gasteiger partial charge is 0.139 e. The molecule has 1 saturated heterocycles. The molecule has 0 amide bonds. The molecule has 2 rings (SSSR count). The van der Waals surface area contributed by atoms with Gasteiger partial charge in [-0.15, -0.1) is 0 Å². The van der Waals surface area contributed by atoms with Gasteiger partial charge in [0.05, 0.1) is 12.7 Å². The number of phenolic OH excluding ortho intramolecular Hbond substituents is 1. The molecule has 6 N–H and O–H groups in total. The van der Waals surface area contributed by atoms with Crippen molar-refractivity contribution in [1.82, 2.24) is 4.90 Å². The number of aliphatic hydroxyl groups is 5. The van der Waals surface area contributed by atoms with Gasteiger partial charge in [-0.25, -0.2) is 0 Å². The minimum atomic E-state index is -1.47. The van der Waals surface area contributed by atoms with Gasteiger partial charge in [0.1, 0.15) is 36.4 Å². The van der Waals surface area contributed by atoms with E-state index in [-0.39, 0.29) is 12.3 Å². The zero-order valence-corrected chi connectivity index (χ0v) is 12.7. The first-order valence-corrected chi connectivity index (χ1v) is 7.33. The Labute approximate surface area is 133 Å². The van der Waals surface area contributed by atoms with Gasteiger partial charge in [0.2, 0.25) is 0 Å². The van der Waals surface area contributed by atoms with Crippen molar-refractivity contribution in [2.24, 2.45) is 0 Å². The van der Waals surface area contributed by atoms with E-state index in [2.05, 4.69) is 0 Å². The van der Waals surface area contributed by atoms with Gasteiger partial charge >= 0.3 is 0 Å². The van der Waals surface area contributed by atoms with Crippen LogP contribution in [0.2, 0.25) is 0 Å². The van der Waals surface area contributed by atoms with Crippen LogP contribution in [0.25, 0.3) is 0 Å². The number of hydrogen-bond acceptors (Lipinski definition) is 8. The molecule has 0 spiro atoms. The van der Waals surface area contributed by atoms with E-state index in [0.29, 0.717) is 5.56 Å². The fourth-order valence-corrected chi connectivity index (χ4v) is 2.66. The molecule has 1 aliphatic rings. The van der Waals surface area contributed by atoms with E-state index in [1.807, 2.05) is 0 Å². The van der Waals surface area contributed by atoms with Crippen LogP contribution >= 0.6 is 0 Å². The van der Waals surface area contributed by atoms with Gasteiger partial charge in [0, 0.05) is 6.54 Å². The lowest BCUT2D eigenvalue weighted by Crippen LogP contribution is -2.62. The summed E-state index contributed by atoms with van der Waals surface area (Å²) in [5, 5.41) is 58.4. The Morgan fingerprint density at radius 1 is 1.17 bits per heavy atom. The highest BCUT2D eigenvalue weighted by atomic mass is 16.6. The summed E-state index contributed by atoms with van der Waals surface area (Å²) in [6.45, 7) is -0.462. The number of aromatic hydroxyl groups is 1. The van der Waals surface area contributed by atoms with E-state index in [0.717, 1.165) is 0 Å². The van der Waals surface area contributed by atoms with Gasteiger partial charge in [0.25, 0.3) is 0 Å². The maximum absolute atomic E-state index is 10.2. The highest BCUT2D eigenvalue weighted by Crippen LogP contribution is 2.25. The minimum absolute atomic E-state index is 0.0250. The van der Waals surface area contributed by atoms with Crippen LogP contribution in [0, 0.1) is 0 Å². The molecule has 2 unspecified atom stereocenters.